The number of anilines is 1. The van der Waals surface area contributed by atoms with E-state index < -0.39 is 5.54 Å². The van der Waals surface area contributed by atoms with Crippen LogP contribution in [-0.4, -0.2) is 0 Å². The molecule has 2 aromatic rings. The summed E-state index contributed by atoms with van der Waals surface area (Å²) in [7, 11) is 0. The molecule has 19 heavy (non-hydrogen) atoms. The first-order chi connectivity index (χ1) is 9.28. The Hall–Kier alpha value is -2.06. The van der Waals surface area contributed by atoms with Crippen LogP contribution in [0.1, 0.15) is 17.5 Å². The minimum Gasteiger partial charge on any atom is -0.209 e. The molecular formula is C17H16NO. The Balaban J connectivity index is 2.13. The van der Waals surface area contributed by atoms with Crippen LogP contribution in [0, 0.1) is 0 Å². The summed E-state index contributed by atoms with van der Waals surface area (Å²) in [5.41, 5.74) is 2.42. The van der Waals surface area contributed by atoms with Gasteiger partial charge in [-0.3, -0.25) is 0 Å². The van der Waals surface area contributed by atoms with Crippen LogP contribution in [0.25, 0.3) is 0 Å². The maximum absolute atomic E-state index is 12.8. The molecule has 0 aromatic heterocycles. The zero-order valence-electron chi connectivity index (χ0n) is 10.8. The first-order valence-electron chi connectivity index (χ1n) is 6.49. The Labute approximate surface area is 113 Å². The number of rotatable bonds is 3. The zero-order valence-corrected chi connectivity index (χ0v) is 10.8. The van der Waals surface area contributed by atoms with Gasteiger partial charge in [-0.25, -0.2) is 5.06 Å². The molecule has 1 unspecified atom stereocenters. The van der Waals surface area contributed by atoms with E-state index in [0.717, 1.165) is 23.2 Å². The lowest BCUT2D eigenvalue weighted by Crippen LogP contribution is -2.40. The van der Waals surface area contributed by atoms with E-state index in [1.165, 1.54) is 5.06 Å². The Bertz CT molecular complexity index is 593. The summed E-state index contributed by atoms with van der Waals surface area (Å²) in [5.74, 6) is 0. The number of hydrogen-bond donors (Lipinski definition) is 0. The summed E-state index contributed by atoms with van der Waals surface area (Å²) in [4.78, 5) is 0. The van der Waals surface area contributed by atoms with Crippen molar-refractivity contribution < 1.29 is 5.21 Å². The molecule has 1 heterocycles. The quantitative estimate of drug-likeness (QED) is 0.758. The molecule has 1 aliphatic rings. The third kappa shape index (κ3) is 1.76. The van der Waals surface area contributed by atoms with Crippen molar-refractivity contribution >= 4 is 5.69 Å². The molecule has 2 aromatic carbocycles. The average Bonchev–Trinajstić information content (AvgIpc) is 2.75. The highest BCUT2D eigenvalue weighted by Gasteiger charge is 2.44. The predicted molar refractivity (Wildman–Crippen MR) is 76.2 cm³/mol. The molecule has 0 saturated carbocycles. The largest absolute Gasteiger partial charge is 0.209 e. The van der Waals surface area contributed by atoms with Crippen molar-refractivity contribution in [2.45, 2.75) is 18.4 Å². The smallest absolute Gasteiger partial charge is 0.103 e. The van der Waals surface area contributed by atoms with Gasteiger partial charge in [0.15, 0.2) is 0 Å². The van der Waals surface area contributed by atoms with Crippen molar-refractivity contribution in [1.82, 2.24) is 0 Å². The third-order valence-corrected chi connectivity index (χ3v) is 3.88. The van der Waals surface area contributed by atoms with E-state index in [4.69, 9.17) is 0 Å². The summed E-state index contributed by atoms with van der Waals surface area (Å²) in [5, 5.41) is 13.9. The second-order valence-electron chi connectivity index (χ2n) is 4.99. The Morgan fingerprint density at radius 2 is 1.79 bits per heavy atom. The van der Waals surface area contributed by atoms with Gasteiger partial charge in [0.2, 0.25) is 0 Å². The van der Waals surface area contributed by atoms with Crippen LogP contribution in [0.5, 0.6) is 0 Å². The highest BCUT2D eigenvalue weighted by atomic mass is 16.5. The fourth-order valence-electron chi connectivity index (χ4n) is 2.96. The van der Waals surface area contributed by atoms with Gasteiger partial charge in [-0.2, -0.15) is 0 Å². The van der Waals surface area contributed by atoms with E-state index in [0.29, 0.717) is 6.42 Å². The monoisotopic (exact) mass is 250 g/mol. The molecule has 0 aliphatic carbocycles. The maximum Gasteiger partial charge on any atom is 0.103 e. The number of hydrogen-bond acceptors (Lipinski definition) is 1. The van der Waals surface area contributed by atoms with Gasteiger partial charge in [-0.05, 0) is 23.6 Å². The average molecular weight is 250 g/mol. The molecule has 1 radical (unpaired) electrons. The second kappa shape index (κ2) is 4.56. The van der Waals surface area contributed by atoms with E-state index in [-0.39, 0.29) is 0 Å². The van der Waals surface area contributed by atoms with Gasteiger partial charge >= 0.3 is 0 Å². The van der Waals surface area contributed by atoms with Gasteiger partial charge in [-0.15, -0.1) is 6.58 Å². The first-order valence-corrected chi connectivity index (χ1v) is 6.49. The lowest BCUT2D eigenvalue weighted by Gasteiger charge is -2.33. The topological polar surface area (TPSA) is 23.1 Å². The van der Waals surface area contributed by atoms with Crippen LogP contribution in [0.2, 0.25) is 0 Å². The summed E-state index contributed by atoms with van der Waals surface area (Å²) in [6, 6.07) is 17.8. The summed E-state index contributed by atoms with van der Waals surface area (Å²) >= 11 is 0. The molecule has 0 bridgehead atoms. The molecule has 2 nitrogen and oxygen atoms in total. The van der Waals surface area contributed by atoms with E-state index in [2.05, 4.69) is 6.58 Å². The minimum absolute atomic E-state index is 0.535. The van der Waals surface area contributed by atoms with Crippen molar-refractivity contribution in [1.29, 1.82) is 0 Å². The first kappa shape index (κ1) is 12.0. The van der Waals surface area contributed by atoms with Gasteiger partial charge in [0, 0.05) is 6.42 Å². The van der Waals surface area contributed by atoms with Crippen LogP contribution >= 0.6 is 0 Å². The summed E-state index contributed by atoms with van der Waals surface area (Å²) in [6.07, 6.45) is 3.22. The van der Waals surface area contributed by atoms with Crippen molar-refractivity contribution in [3.05, 3.63) is 78.4 Å². The number of hydroxylamine groups is 1. The molecular weight excluding hydrogens is 234 g/mol. The molecule has 0 spiro atoms. The van der Waals surface area contributed by atoms with Gasteiger partial charge in [0.1, 0.15) is 5.54 Å². The Morgan fingerprint density at radius 1 is 1.11 bits per heavy atom. The van der Waals surface area contributed by atoms with Gasteiger partial charge < -0.3 is 0 Å². The summed E-state index contributed by atoms with van der Waals surface area (Å²) < 4.78 is 0. The molecule has 95 valence electrons. The molecule has 1 aliphatic heterocycles. The lowest BCUT2D eigenvalue weighted by molar-refractivity contribution is 0.0880. The molecule has 0 amide bonds. The highest BCUT2D eigenvalue weighted by molar-refractivity contribution is 5.61. The van der Waals surface area contributed by atoms with Crippen molar-refractivity contribution in [3.8, 4) is 0 Å². The third-order valence-electron chi connectivity index (χ3n) is 3.88. The standard InChI is InChI=1S/C17H16NO/c1-2-12-17(15-9-4-3-5-10-15)13-14-8-6-7-11-16(14)18(17)19/h2-11H,1,12-13H2. The van der Waals surface area contributed by atoms with Crippen LogP contribution in [0.3, 0.4) is 0 Å². The fourth-order valence-corrected chi connectivity index (χ4v) is 2.96. The summed E-state index contributed by atoms with van der Waals surface area (Å²) in [6.45, 7) is 3.83. The highest BCUT2D eigenvalue weighted by Crippen LogP contribution is 2.46. The van der Waals surface area contributed by atoms with E-state index in [9.17, 15) is 5.21 Å². The van der Waals surface area contributed by atoms with Gasteiger partial charge in [0.25, 0.3) is 0 Å². The van der Waals surface area contributed by atoms with Crippen LogP contribution in [-0.2, 0) is 17.2 Å². The Kier molecular flexibility index (Phi) is 2.88. The van der Waals surface area contributed by atoms with E-state index in [1.807, 2.05) is 60.7 Å². The van der Waals surface area contributed by atoms with Crippen molar-refractivity contribution in [3.63, 3.8) is 0 Å². The molecule has 3 rings (SSSR count). The SMILES string of the molecule is C=CCC1(c2ccccc2)Cc2ccccc2N1[O]. The molecule has 0 N–H and O–H groups in total. The zero-order chi connectivity index (χ0) is 13.3. The van der Waals surface area contributed by atoms with Gasteiger partial charge in [0.05, 0.1) is 5.69 Å². The maximum atomic E-state index is 12.8. The normalized spacial score (nSPS) is 21.2. The van der Waals surface area contributed by atoms with E-state index >= 15 is 0 Å². The second-order valence-corrected chi connectivity index (χ2v) is 4.99. The van der Waals surface area contributed by atoms with Crippen molar-refractivity contribution in [2.75, 3.05) is 5.06 Å². The van der Waals surface area contributed by atoms with Crippen LogP contribution in [0.4, 0.5) is 5.69 Å². The number of nitrogens with zero attached hydrogens (tertiary/aromatic N) is 1. The predicted octanol–water partition coefficient (Wildman–Crippen LogP) is 3.87. The van der Waals surface area contributed by atoms with Crippen LogP contribution in [0.15, 0.2) is 67.3 Å². The molecule has 0 fully saturated rings. The van der Waals surface area contributed by atoms with E-state index in [1.54, 1.807) is 0 Å². The van der Waals surface area contributed by atoms with Crippen molar-refractivity contribution in [2.24, 2.45) is 0 Å². The lowest BCUT2D eigenvalue weighted by atomic mass is 9.84. The molecule has 2 heteroatoms. The van der Waals surface area contributed by atoms with Gasteiger partial charge in [-0.1, -0.05) is 59.8 Å². The fraction of sp³-hybridized carbons (Fsp3) is 0.176. The Morgan fingerprint density at radius 3 is 2.47 bits per heavy atom. The minimum atomic E-state index is -0.535. The number of fused-ring (bicyclic) bond motifs is 1. The number of benzene rings is 2. The number of para-hydroxylation sites is 1. The molecule has 1 atom stereocenters. The van der Waals surface area contributed by atoms with Crippen LogP contribution < -0.4 is 5.06 Å². The molecule has 0 saturated heterocycles.